The van der Waals surface area contributed by atoms with Crippen molar-refractivity contribution in [3.63, 3.8) is 0 Å². The molecule has 5 aliphatic rings. The van der Waals surface area contributed by atoms with Crippen LogP contribution in [0.1, 0.15) is 22.3 Å². The number of carbonyl (C=O) groups is 3. The normalized spacial score (nSPS) is 38.2. The molecule has 2 bridgehead atoms. The molecular formula is C19H17NO4. The molecule has 5 nitrogen and oxygen atoms in total. The molecule has 6 atom stereocenters. The van der Waals surface area contributed by atoms with E-state index >= 15 is 0 Å². The first-order valence-electron chi connectivity index (χ1n) is 8.42. The minimum absolute atomic E-state index is 0.0444. The Morgan fingerprint density at radius 1 is 1.00 bits per heavy atom. The quantitative estimate of drug-likeness (QED) is 0.681. The lowest BCUT2D eigenvalue weighted by atomic mass is 9.63. The summed E-state index contributed by atoms with van der Waals surface area (Å²) in [6, 6.07) is 6.37. The SMILES string of the molecule is O=C(O)c1ccc(CN2C(=O)[C@@H]3[C@@H]4C=C[C@@H]([C@H]5C[C@@H]45)[C@@H]3C2=O)cc1. The van der Waals surface area contributed by atoms with E-state index in [-0.39, 0.29) is 47.6 Å². The van der Waals surface area contributed by atoms with E-state index in [4.69, 9.17) is 5.11 Å². The van der Waals surface area contributed by atoms with Crippen LogP contribution in [0.4, 0.5) is 0 Å². The van der Waals surface area contributed by atoms with E-state index in [1.54, 1.807) is 12.1 Å². The highest BCUT2D eigenvalue weighted by molar-refractivity contribution is 6.06. The average molecular weight is 323 g/mol. The van der Waals surface area contributed by atoms with Gasteiger partial charge in [-0.15, -0.1) is 0 Å². The number of rotatable bonds is 3. The number of carboxylic acids is 1. The first-order valence-corrected chi connectivity index (χ1v) is 8.42. The first-order chi connectivity index (χ1) is 11.6. The molecule has 122 valence electrons. The minimum Gasteiger partial charge on any atom is -0.478 e. The molecule has 5 heteroatoms. The molecule has 2 saturated carbocycles. The van der Waals surface area contributed by atoms with E-state index < -0.39 is 5.97 Å². The van der Waals surface area contributed by atoms with Gasteiger partial charge in [0.25, 0.3) is 0 Å². The second-order valence-corrected chi connectivity index (χ2v) is 7.42. The van der Waals surface area contributed by atoms with Crippen LogP contribution in [-0.2, 0) is 16.1 Å². The molecule has 1 heterocycles. The van der Waals surface area contributed by atoms with Gasteiger partial charge in [0, 0.05) is 0 Å². The van der Waals surface area contributed by atoms with E-state index in [1.807, 2.05) is 0 Å². The highest BCUT2D eigenvalue weighted by Gasteiger charge is 2.66. The number of carboxylic acid groups (broad SMARTS) is 1. The lowest BCUT2D eigenvalue weighted by Gasteiger charge is -2.37. The lowest BCUT2D eigenvalue weighted by Crippen LogP contribution is -2.40. The van der Waals surface area contributed by atoms with Crippen LogP contribution in [0.2, 0.25) is 0 Å². The van der Waals surface area contributed by atoms with Gasteiger partial charge >= 0.3 is 5.97 Å². The van der Waals surface area contributed by atoms with Gasteiger partial charge in [-0.1, -0.05) is 24.3 Å². The summed E-state index contributed by atoms with van der Waals surface area (Å²) < 4.78 is 0. The van der Waals surface area contributed by atoms with Crippen molar-refractivity contribution in [2.75, 3.05) is 0 Å². The first kappa shape index (κ1) is 14.0. The summed E-state index contributed by atoms with van der Waals surface area (Å²) in [5, 5.41) is 8.95. The van der Waals surface area contributed by atoms with Crippen LogP contribution in [-0.4, -0.2) is 27.8 Å². The van der Waals surface area contributed by atoms with Crippen molar-refractivity contribution in [1.82, 2.24) is 4.90 Å². The zero-order valence-corrected chi connectivity index (χ0v) is 13.0. The Balaban J connectivity index is 1.41. The fourth-order valence-electron chi connectivity index (χ4n) is 5.11. The van der Waals surface area contributed by atoms with E-state index in [0.29, 0.717) is 11.8 Å². The van der Waals surface area contributed by atoms with Gasteiger partial charge in [-0.2, -0.15) is 0 Å². The maximum absolute atomic E-state index is 12.9. The van der Waals surface area contributed by atoms with Crippen molar-refractivity contribution < 1.29 is 19.5 Å². The van der Waals surface area contributed by atoms with Gasteiger partial charge in [0.15, 0.2) is 0 Å². The van der Waals surface area contributed by atoms with Crippen LogP contribution in [0.15, 0.2) is 36.4 Å². The van der Waals surface area contributed by atoms with Crippen LogP contribution in [0, 0.1) is 35.5 Å². The molecule has 0 radical (unpaired) electrons. The molecule has 0 aromatic heterocycles. The van der Waals surface area contributed by atoms with Crippen LogP contribution >= 0.6 is 0 Å². The molecule has 1 aromatic carbocycles. The summed E-state index contributed by atoms with van der Waals surface area (Å²) in [6.07, 6.45) is 5.49. The fourth-order valence-corrected chi connectivity index (χ4v) is 5.11. The highest BCUT2D eigenvalue weighted by atomic mass is 16.4. The Morgan fingerprint density at radius 2 is 1.54 bits per heavy atom. The molecule has 2 amide bonds. The van der Waals surface area contributed by atoms with Crippen LogP contribution in [0.5, 0.6) is 0 Å². The van der Waals surface area contributed by atoms with Crippen molar-refractivity contribution in [3.05, 3.63) is 47.5 Å². The zero-order valence-electron chi connectivity index (χ0n) is 13.0. The summed E-state index contributed by atoms with van der Waals surface area (Å²) in [7, 11) is 0. The van der Waals surface area contributed by atoms with Gasteiger partial charge in [-0.3, -0.25) is 14.5 Å². The number of aromatic carboxylic acids is 1. The maximum atomic E-state index is 12.9. The number of carbonyl (C=O) groups excluding carboxylic acids is 2. The fraction of sp³-hybridized carbons (Fsp3) is 0.421. The van der Waals surface area contributed by atoms with Crippen LogP contribution in [0.25, 0.3) is 0 Å². The van der Waals surface area contributed by atoms with Crippen molar-refractivity contribution in [2.24, 2.45) is 35.5 Å². The second kappa shape index (κ2) is 4.56. The lowest BCUT2D eigenvalue weighted by molar-refractivity contribution is -0.140. The zero-order chi connectivity index (χ0) is 16.6. The molecular weight excluding hydrogens is 306 g/mol. The van der Waals surface area contributed by atoms with E-state index in [1.165, 1.54) is 17.0 Å². The number of nitrogens with zero attached hydrogens (tertiary/aromatic N) is 1. The summed E-state index contributed by atoms with van der Waals surface area (Å²) in [5.41, 5.74) is 0.986. The van der Waals surface area contributed by atoms with Crippen LogP contribution in [0.3, 0.4) is 0 Å². The number of benzene rings is 1. The number of hydrogen-bond acceptors (Lipinski definition) is 3. The Kier molecular flexibility index (Phi) is 2.65. The van der Waals surface area contributed by atoms with Gasteiger partial charge < -0.3 is 5.11 Å². The monoisotopic (exact) mass is 323 g/mol. The maximum Gasteiger partial charge on any atom is 0.335 e. The van der Waals surface area contributed by atoms with E-state index in [0.717, 1.165) is 12.0 Å². The summed E-state index contributed by atoms with van der Waals surface area (Å²) in [4.78, 5) is 38.0. The molecule has 4 aliphatic carbocycles. The number of hydrogen-bond donors (Lipinski definition) is 1. The molecule has 1 saturated heterocycles. The van der Waals surface area contributed by atoms with Crippen molar-refractivity contribution in [1.29, 1.82) is 0 Å². The van der Waals surface area contributed by atoms with E-state index in [2.05, 4.69) is 12.2 Å². The third kappa shape index (κ3) is 1.72. The highest BCUT2D eigenvalue weighted by Crippen LogP contribution is 2.65. The molecule has 1 aliphatic heterocycles. The molecule has 1 N–H and O–H groups in total. The molecule has 6 rings (SSSR count). The van der Waals surface area contributed by atoms with E-state index in [9.17, 15) is 14.4 Å². The average Bonchev–Trinajstić information content (AvgIpc) is 3.36. The van der Waals surface area contributed by atoms with Crippen molar-refractivity contribution in [2.45, 2.75) is 13.0 Å². The summed E-state index contributed by atoms with van der Waals surface area (Å²) >= 11 is 0. The van der Waals surface area contributed by atoms with Gasteiger partial charge in [0.05, 0.1) is 23.9 Å². The smallest absolute Gasteiger partial charge is 0.335 e. The van der Waals surface area contributed by atoms with Crippen LogP contribution < -0.4 is 0 Å². The predicted octanol–water partition coefficient (Wildman–Crippen LogP) is 1.94. The standard InChI is InChI=1S/C19H17NO4/c21-17-15-11-5-6-12(14-7-13(11)14)16(15)18(22)20(17)8-9-1-3-10(4-2-9)19(23)24/h1-6,11-16H,7-8H2,(H,23,24)/t11-,12+,13+,14-,15-,16+. The molecule has 0 unspecified atom stereocenters. The Morgan fingerprint density at radius 3 is 2.04 bits per heavy atom. The second-order valence-electron chi connectivity index (χ2n) is 7.42. The van der Waals surface area contributed by atoms with Crippen molar-refractivity contribution >= 4 is 17.8 Å². The Bertz CT molecular complexity index is 760. The molecule has 24 heavy (non-hydrogen) atoms. The number of amides is 2. The minimum atomic E-state index is -0.984. The predicted molar refractivity (Wildman–Crippen MR) is 83.7 cm³/mol. The van der Waals surface area contributed by atoms with Gasteiger partial charge in [0.2, 0.25) is 11.8 Å². The molecule has 0 spiro atoms. The van der Waals surface area contributed by atoms with Crippen molar-refractivity contribution in [3.8, 4) is 0 Å². The number of imide groups is 1. The van der Waals surface area contributed by atoms with Gasteiger partial charge in [-0.05, 0) is 47.8 Å². The summed E-state index contributed by atoms with van der Waals surface area (Å²) in [6.45, 7) is 0.235. The topological polar surface area (TPSA) is 74.7 Å². The number of allylic oxidation sites excluding steroid dienone is 2. The van der Waals surface area contributed by atoms with Gasteiger partial charge in [-0.25, -0.2) is 4.79 Å². The third-order valence-electron chi connectivity index (χ3n) is 6.30. The molecule has 3 fully saturated rings. The Hall–Kier alpha value is -2.43. The number of likely N-dealkylation sites (tertiary alicyclic amines) is 1. The largest absolute Gasteiger partial charge is 0.478 e. The Labute approximate surface area is 139 Å². The third-order valence-corrected chi connectivity index (χ3v) is 6.30. The molecule has 1 aromatic rings. The van der Waals surface area contributed by atoms with Gasteiger partial charge in [0.1, 0.15) is 0 Å². The summed E-state index contributed by atoms with van der Waals surface area (Å²) in [5.74, 6) is 0.267.